The Hall–Kier alpha value is -0.0331. The van der Waals surface area contributed by atoms with Crippen LogP contribution in [0.4, 0.5) is 0 Å². The van der Waals surface area contributed by atoms with Crippen molar-refractivity contribution in [1.29, 1.82) is 0 Å². The van der Waals surface area contributed by atoms with Gasteiger partial charge in [-0.1, -0.05) is 0 Å². The predicted molar refractivity (Wildman–Crippen MR) is 32.1 cm³/mol. The molecule has 3 nitrogen and oxygen atoms in total. The van der Waals surface area contributed by atoms with Crippen LogP contribution in [0.15, 0.2) is 0 Å². The van der Waals surface area contributed by atoms with Gasteiger partial charge >= 0.3 is 8.80 Å². The van der Waals surface area contributed by atoms with E-state index in [0.717, 1.165) is 0 Å². The first kappa shape index (κ1) is 7.97. The lowest BCUT2D eigenvalue weighted by atomic mass is 11.8. The maximum Gasteiger partial charge on any atom is 0.742 e. The van der Waals surface area contributed by atoms with Gasteiger partial charge in [-0.25, -0.2) is 0 Å². The largest absolute Gasteiger partial charge is 0.742 e. The van der Waals surface area contributed by atoms with Crippen LogP contribution in [0, 0.1) is 6.55 Å². The zero-order valence-corrected chi connectivity index (χ0v) is 6.43. The lowest BCUT2D eigenvalue weighted by molar-refractivity contribution is 0.137. The van der Waals surface area contributed by atoms with Crippen LogP contribution >= 0.6 is 0 Å². The summed E-state index contributed by atoms with van der Waals surface area (Å²) in [6.07, 6.45) is 0. The summed E-state index contributed by atoms with van der Waals surface area (Å²) in [4.78, 5) is 0. The summed E-state index contributed by atoms with van der Waals surface area (Å²) >= 11 is 0. The summed E-state index contributed by atoms with van der Waals surface area (Å²) in [5, 5.41) is 0. The van der Waals surface area contributed by atoms with Gasteiger partial charge < -0.3 is 13.3 Å². The van der Waals surface area contributed by atoms with E-state index in [1.165, 1.54) is 21.3 Å². The second-order valence-corrected chi connectivity index (χ2v) is 3.89. The molecule has 4 heteroatoms. The average molecular weight is 135 g/mol. The van der Waals surface area contributed by atoms with Crippen LogP contribution in [0.5, 0.6) is 0 Å². The lowest BCUT2D eigenvalue weighted by Crippen LogP contribution is -2.39. The molecular weight excluding hydrogens is 124 g/mol. The van der Waals surface area contributed by atoms with E-state index in [2.05, 4.69) is 6.55 Å². The molecule has 0 atom stereocenters. The second-order valence-electron chi connectivity index (χ2n) is 1.30. The molecule has 0 radical (unpaired) electrons. The van der Waals surface area contributed by atoms with Gasteiger partial charge in [-0.15, -0.1) is 0 Å². The molecule has 0 bridgehead atoms. The highest BCUT2D eigenvalue weighted by Gasteiger charge is 2.44. The average Bonchev–Trinajstić information content (AvgIpc) is 1.87. The highest BCUT2D eigenvalue weighted by molar-refractivity contribution is 6.62. The van der Waals surface area contributed by atoms with Crippen molar-refractivity contribution in [1.82, 2.24) is 0 Å². The summed E-state index contributed by atoms with van der Waals surface area (Å²) in [7, 11) is 2.14. The van der Waals surface area contributed by atoms with Gasteiger partial charge in [0.2, 0.25) is 0 Å². The molecule has 0 rings (SSSR count). The molecule has 0 aromatic rings. The Bertz CT molecular complexity index is 54.0. The molecule has 8 heavy (non-hydrogen) atoms. The highest BCUT2D eigenvalue weighted by Crippen LogP contribution is 2.00. The zero-order valence-electron chi connectivity index (χ0n) is 5.43. The third-order valence-corrected chi connectivity index (χ3v) is 2.80. The molecule has 0 saturated carbocycles. The van der Waals surface area contributed by atoms with Crippen LogP contribution < -0.4 is 0 Å². The maximum absolute atomic E-state index is 4.82. The van der Waals surface area contributed by atoms with Gasteiger partial charge in [0.1, 0.15) is 0 Å². The fraction of sp³-hybridized carbons (Fsp3) is 0.750. The van der Waals surface area contributed by atoms with Crippen molar-refractivity contribution in [2.24, 2.45) is 0 Å². The molecule has 0 aromatic heterocycles. The molecule has 0 aromatic carbocycles. The Labute approximate surface area is 50.9 Å². The lowest BCUT2D eigenvalue weighted by Gasteiger charge is -2.08. The van der Waals surface area contributed by atoms with Gasteiger partial charge in [0.15, 0.2) is 0 Å². The van der Waals surface area contributed by atoms with Gasteiger partial charge in [0.25, 0.3) is 0 Å². The van der Waals surface area contributed by atoms with Gasteiger partial charge in [-0.3, -0.25) is 0 Å². The molecule has 0 N–H and O–H groups in total. The topological polar surface area (TPSA) is 27.7 Å². The van der Waals surface area contributed by atoms with E-state index in [-0.39, 0.29) is 0 Å². The van der Waals surface area contributed by atoms with Crippen LogP contribution in [-0.4, -0.2) is 30.1 Å². The third-order valence-electron chi connectivity index (χ3n) is 0.933. The van der Waals surface area contributed by atoms with Crippen LogP contribution in [0.3, 0.4) is 0 Å². The van der Waals surface area contributed by atoms with E-state index in [1.54, 1.807) is 0 Å². The Morgan fingerprint density at radius 3 is 1.25 bits per heavy atom. The van der Waals surface area contributed by atoms with Crippen LogP contribution in [0.2, 0.25) is 0 Å². The molecular formula is C4H11O3Si+. The van der Waals surface area contributed by atoms with E-state index < -0.39 is 8.80 Å². The van der Waals surface area contributed by atoms with Gasteiger partial charge in [-0.05, 0) is 0 Å². The standard InChI is InChI=1S/C4H11O3Si/c1-5-8(4,6-2)7-3/h4H2,1-3H3/q+1. The van der Waals surface area contributed by atoms with Gasteiger partial charge in [-0.2, -0.15) is 0 Å². The Morgan fingerprint density at radius 2 is 1.25 bits per heavy atom. The third kappa shape index (κ3) is 1.83. The fourth-order valence-corrected chi connectivity index (χ4v) is 0.750. The van der Waals surface area contributed by atoms with Crippen LogP contribution in [-0.2, 0) is 13.3 Å². The first-order chi connectivity index (χ1) is 3.68. The molecule has 0 amide bonds. The highest BCUT2D eigenvalue weighted by atomic mass is 28.4. The fourth-order valence-electron chi connectivity index (χ4n) is 0.250. The van der Waals surface area contributed by atoms with Crippen LogP contribution in [0.25, 0.3) is 0 Å². The van der Waals surface area contributed by atoms with E-state index >= 15 is 0 Å². The monoisotopic (exact) mass is 135 g/mol. The van der Waals surface area contributed by atoms with E-state index in [1.807, 2.05) is 0 Å². The van der Waals surface area contributed by atoms with Crippen LogP contribution in [0.1, 0.15) is 0 Å². The smallest absolute Gasteiger partial charge is 0.339 e. The molecule has 48 valence electrons. The van der Waals surface area contributed by atoms with Crippen molar-refractivity contribution in [3.8, 4) is 0 Å². The van der Waals surface area contributed by atoms with Crippen molar-refractivity contribution in [3.05, 3.63) is 6.55 Å². The summed E-state index contributed by atoms with van der Waals surface area (Å²) in [6.45, 7) is 3.60. The molecule has 0 unspecified atom stereocenters. The minimum Gasteiger partial charge on any atom is -0.339 e. The van der Waals surface area contributed by atoms with Gasteiger partial charge in [0, 0.05) is 21.3 Å². The second kappa shape index (κ2) is 3.08. The number of rotatable bonds is 3. The maximum atomic E-state index is 4.82. The molecule has 0 spiro atoms. The van der Waals surface area contributed by atoms with Crippen molar-refractivity contribution >= 4 is 8.80 Å². The first-order valence-electron chi connectivity index (χ1n) is 2.19. The Balaban J connectivity index is 3.58. The normalized spacial score (nSPS) is 11.9. The van der Waals surface area contributed by atoms with E-state index in [0.29, 0.717) is 0 Å². The van der Waals surface area contributed by atoms with E-state index in [4.69, 9.17) is 13.3 Å². The SMILES string of the molecule is [CH2+][Si](OC)(OC)OC. The summed E-state index contributed by atoms with van der Waals surface area (Å²) in [5.41, 5.74) is 0. The summed E-state index contributed by atoms with van der Waals surface area (Å²) in [6, 6.07) is 0. The van der Waals surface area contributed by atoms with Crippen molar-refractivity contribution < 1.29 is 13.3 Å². The van der Waals surface area contributed by atoms with Crippen molar-refractivity contribution in [2.45, 2.75) is 0 Å². The molecule has 0 saturated heterocycles. The quantitative estimate of drug-likeness (QED) is 0.410. The predicted octanol–water partition coefficient (Wildman–Crippen LogP) is 0.238. The van der Waals surface area contributed by atoms with Gasteiger partial charge in [0.05, 0.1) is 6.55 Å². The summed E-state index contributed by atoms with van der Waals surface area (Å²) < 4.78 is 14.5. The molecule has 0 fully saturated rings. The zero-order chi connectivity index (χ0) is 6.62. The number of hydrogen-bond acceptors (Lipinski definition) is 3. The Kier molecular flexibility index (Phi) is 3.07. The minimum atomic E-state index is -2.42. The van der Waals surface area contributed by atoms with E-state index in [9.17, 15) is 0 Å². The molecule has 0 heterocycles. The molecule has 0 aliphatic heterocycles. The first-order valence-corrected chi connectivity index (χ1v) is 4.12. The Morgan fingerprint density at radius 1 is 1.00 bits per heavy atom. The van der Waals surface area contributed by atoms with Crippen molar-refractivity contribution in [2.75, 3.05) is 21.3 Å². The molecule has 0 aliphatic carbocycles. The summed E-state index contributed by atoms with van der Waals surface area (Å²) in [5.74, 6) is 0. The molecule has 0 aliphatic rings. The minimum absolute atomic E-state index is 1.52. The number of hydrogen-bond donors (Lipinski definition) is 0. The van der Waals surface area contributed by atoms with Crippen molar-refractivity contribution in [3.63, 3.8) is 0 Å².